The Balaban J connectivity index is 1.90. The topological polar surface area (TPSA) is 80.4 Å². The number of amides is 2. The van der Waals surface area contributed by atoms with Crippen molar-refractivity contribution in [2.24, 2.45) is 4.99 Å². The molecule has 2 aliphatic rings. The summed E-state index contributed by atoms with van der Waals surface area (Å²) < 4.78 is 9.72. The molecular weight excluding hydrogens is 299 g/mol. The minimum Gasteiger partial charge on any atom is -0.560 e. The molecule has 2 atom stereocenters. The molecular formula is C14H15BN4O4. The van der Waals surface area contributed by atoms with Crippen molar-refractivity contribution in [3.63, 3.8) is 0 Å². The first-order chi connectivity index (χ1) is 11.3. The highest BCUT2D eigenvalue weighted by atomic mass is 16.7. The van der Waals surface area contributed by atoms with Crippen LogP contribution in [0.1, 0.15) is 5.89 Å². The molecule has 2 radical (unpaired) electrons. The largest absolute Gasteiger partial charge is 0.560 e. The maximum absolute atomic E-state index is 12.6. The summed E-state index contributed by atoms with van der Waals surface area (Å²) >= 11 is 0. The Hall–Kier alpha value is -2.55. The quantitative estimate of drug-likeness (QED) is 0.322. The summed E-state index contributed by atoms with van der Waals surface area (Å²) in [4.78, 5) is 27.9. The molecule has 3 heterocycles. The van der Waals surface area contributed by atoms with Crippen molar-refractivity contribution in [2.75, 3.05) is 19.7 Å². The number of rotatable bonds is 7. The third-order valence-corrected chi connectivity index (χ3v) is 3.65. The first-order valence-corrected chi connectivity index (χ1v) is 7.05. The van der Waals surface area contributed by atoms with E-state index in [1.807, 2.05) is 6.08 Å². The normalized spacial score (nSPS) is 23.5. The second-order valence-corrected chi connectivity index (χ2v) is 4.99. The molecule has 3 rings (SSSR count). The Morgan fingerprint density at radius 1 is 1.61 bits per heavy atom. The van der Waals surface area contributed by atoms with Gasteiger partial charge >= 0.3 is 14.1 Å². The third kappa shape index (κ3) is 2.87. The molecule has 1 aromatic heterocycles. The van der Waals surface area contributed by atoms with E-state index in [4.69, 9.17) is 17.3 Å². The number of carbonyl (C=O) groups is 1. The Kier molecular flexibility index (Phi) is 4.47. The van der Waals surface area contributed by atoms with Crippen LogP contribution < -0.4 is 0 Å². The summed E-state index contributed by atoms with van der Waals surface area (Å²) in [6.07, 6.45) is 7.67. The van der Waals surface area contributed by atoms with E-state index in [2.05, 4.69) is 21.2 Å². The fourth-order valence-electron chi connectivity index (χ4n) is 2.74. The number of hydrogen-bond acceptors (Lipinski definition) is 6. The van der Waals surface area contributed by atoms with Crippen molar-refractivity contribution in [1.82, 2.24) is 14.9 Å². The average molecular weight is 314 g/mol. The first-order valence-electron chi connectivity index (χ1n) is 7.05. The van der Waals surface area contributed by atoms with Crippen LogP contribution in [-0.2, 0) is 9.49 Å². The summed E-state index contributed by atoms with van der Waals surface area (Å²) in [7, 11) is 4.94. The minimum atomic E-state index is -0.332. The zero-order valence-electron chi connectivity index (χ0n) is 12.4. The lowest BCUT2D eigenvalue weighted by Gasteiger charge is -2.29. The number of hydroxylamine groups is 2. The van der Waals surface area contributed by atoms with E-state index in [-0.39, 0.29) is 31.3 Å². The molecule has 2 aliphatic heterocycles. The molecule has 0 unspecified atom stereocenters. The van der Waals surface area contributed by atoms with E-state index in [0.717, 1.165) is 12.0 Å². The molecule has 0 spiro atoms. The van der Waals surface area contributed by atoms with Gasteiger partial charge in [0.15, 0.2) is 0 Å². The third-order valence-electron chi connectivity index (χ3n) is 3.65. The number of nitrogens with zero attached hydrogens (tertiary/aromatic N) is 4. The number of fused-ring (bicyclic) bond motifs is 2. The molecule has 0 saturated carbocycles. The van der Waals surface area contributed by atoms with E-state index >= 15 is 0 Å². The number of aromatic nitrogens is 1. The van der Waals surface area contributed by atoms with Crippen LogP contribution in [0.2, 0.25) is 0 Å². The lowest BCUT2D eigenvalue weighted by atomic mass is 9.99. The van der Waals surface area contributed by atoms with Gasteiger partial charge in [-0.05, 0) is 6.08 Å². The van der Waals surface area contributed by atoms with Crippen molar-refractivity contribution in [3.8, 4) is 0 Å². The molecule has 1 aromatic rings. The van der Waals surface area contributed by atoms with Crippen LogP contribution in [0.25, 0.3) is 5.57 Å². The molecule has 1 fully saturated rings. The van der Waals surface area contributed by atoms with Crippen LogP contribution in [0.3, 0.4) is 0 Å². The SMILES string of the molecule is [B]OC=NC[C@@H]1C(c2ncco2)=C[C@@H]2CN1C(=O)N2OCC=C. The highest BCUT2D eigenvalue weighted by Crippen LogP contribution is 2.34. The van der Waals surface area contributed by atoms with Gasteiger partial charge in [-0.1, -0.05) is 6.08 Å². The Morgan fingerprint density at radius 3 is 3.17 bits per heavy atom. The maximum atomic E-state index is 12.6. The summed E-state index contributed by atoms with van der Waals surface area (Å²) in [5.41, 5.74) is 0.776. The number of aliphatic imine (C=N–C) groups is 1. The van der Waals surface area contributed by atoms with Gasteiger partial charge in [0.2, 0.25) is 5.89 Å². The molecule has 1 saturated heterocycles. The Bertz CT molecular complexity index is 631. The van der Waals surface area contributed by atoms with Crippen LogP contribution in [0, 0.1) is 0 Å². The molecule has 8 nitrogen and oxygen atoms in total. The number of urea groups is 1. The van der Waals surface area contributed by atoms with Crippen molar-refractivity contribution in [1.29, 1.82) is 0 Å². The van der Waals surface area contributed by atoms with Crippen molar-refractivity contribution < 1.29 is 18.7 Å². The summed E-state index contributed by atoms with van der Waals surface area (Å²) in [6, 6.07) is -0.778. The van der Waals surface area contributed by atoms with Crippen LogP contribution in [0.15, 0.2) is 40.6 Å². The lowest BCUT2D eigenvalue weighted by Crippen LogP contribution is -2.42. The Morgan fingerprint density at radius 2 is 2.48 bits per heavy atom. The fraction of sp³-hybridized carbons (Fsp3) is 0.357. The summed E-state index contributed by atoms with van der Waals surface area (Å²) in [5.74, 6) is 0.451. The lowest BCUT2D eigenvalue weighted by molar-refractivity contribution is -0.107. The number of oxazole rings is 1. The van der Waals surface area contributed by atoms with Gasteiger partial charge in [-0.15, -0.1) is 6.58 Å². The second-order valence-electron chi connectivity index (χ2n) is 4.99. The van der Waals surface area contributed by atoms with Gasteiger partial charge in [0, 0.05) is 12.1 Å². The van der Waals surface area contributed by atoms with E-state index in [1.54, 1.807) is 17.2 Å². The van der Waals surface area contributed by atoms with Crippen molar-refractivity contribution in [2.45, 2.75) is 12.1 Å². The monoisotopic (exact) mass is 314 g/mol. The molecule has 9 heteroatoms. The zero-order chi connectivity index (χ0) is 16.2. The van der Waals surface area contributed by atoms with E-state index in [0.29, 0.717) is 12.4 Å². The highest BCUT2D eigenvalue weighted by Gasteiger charge is 2.46. The highest BCUT2D eigenvalue weighted by molar-refractivity contribution is 6.02. The molecule has 0 aliphatic carbocycles. The van der Waals surface area contributed by atoms with E-state index in [1.165, 1.54) is 11.3 Å². The minimum absolute atomic E-state index is 0.213. The van der Waals surface area contributed by atoms with Gasteiger partial charge in [-0.3, -0.25) is 9.83 Å². The van der Waals surface area contributed by atoms with Crippen LogP contribution >= 0.6 is 0 Å². The number of hydrogen-bond donors (Lipinski definition) is 0. The summed E-state index contributed by atoms with van der Waals surface area (Å²) in [6.45, 7) is 4.62. The summed E-state index contributed by atoms with van der Waals surface area (Å²) in [5, 5.41) is 1.34. The van der Waals surface area contributed by atoms with Crippen LogP contribution in [0.5, 0.6) is 0 Å². The smallest absolute Gasteiger partial charge is 0.375 e. The van der Waals surface area contributed by atoms with Gasteiger partial charge in [-0.2, -0.15) is 5.06 Å². The van der Waals surface area contributed by atoms with Crippen LogP contribution in [-0.4, -0.2) is 67.2 Å². The second kappa shape index (κ2) is 6.70. The van der Waals surface area contributed by atoms with Gasteiger partial charge < -0.3 is 14.0 Å². The van der Waals surface area contributed by atoms with Gasteiger partial charge in [0.25, 0.3) is 0 Å². The Labute approximate surface area is 134 Å². The molecule has 0 aromatic carbocycles. The van der Waals surface area contributed by atoms with Crippen LogP contribution in [0.4, 0.5) is 4.79 Å². The van der Waals surface area contributed by atoms with Gasteiger partial charge in [-0.25, -0.2) is 9.78 Å². The van der Waals surface area contributed by atoms with Crippen molar-refractivity contribution in [3.05, 3.63) is 37.1 Å². The standard InChI is InChI=1S/C14H15BN4O4/c1-2-4-23-19-10-6-11(13-17-3-5-21-13)12(7-16-9-22-15)18(8-10)14(19)20/h2-3,5-6,9-10,12H,1,4,7-8H2/t10-,12-/m1/s1. The predicted molar refractivity (Wildman–Crippen MR) is 82.3 cm³/mol. The molecule has 0 N–H and O–H groups in total. The molecule has 118 valence electrons. The van der Waals surface area contributed by atoms with Gasteiger partial charge in [0.05, 0.1) is 31.4 Å². The average Bonchev–Trinajstić information content (AvgIpc) is 3.17. The van der Waals surface area contributed by atoms with E-state index < -0.39 is 0 Å². The predicted octanol–water partition coefficient (Wildman–Crippen LogP) is 0.792. The maximum Gasteiger partial charge on any atom is 0.375 e. The first kappa shape index (κ1) is 15.4. The number of carbonyl (C=O) groups excluding carboxylic acids is 1. The fourth-order valence-corrected chi connectivity index (χ4v) is 2.74. The molecule has 2 bridgehead atoms. The van der Waals surface area contributed by atoms with E-state index in [9.17, 15) is 4.79 Å². The van der Waals surface area contributed by atoms with Crippen molar-refractivity contribution >= 4 is 26.1 Å². The molecule has 23 heavy (non-hydrogen) atoms. The van der Waals surface area contributed by atoms with Gasteiger partial charge in [0.1, 0.15) is 12.7 Å². The zero-order valence-corrected chi connectivity index (χ0v) is 12.4. The molecule has 2 amide bonds.